The summed E-state index contributed by atoms with van der Waals surface area (Å²) in [5.41, 5.74) is 1.15. The van der Waals surface area contributed by atoms with Crippen molar-refractivity contribution in [2.75, 3.05) is 46.6 Å². The number of hydrogen-bond donors (Lipinski definition) is 1. The van der Waals surface area contributed by atoms with E-state index in [2.05, 4.69) is 16.8 Å². The maximum Gasteiger partial charge on any atom is 0.231 e. The molecule has 128 valence electrons. The smallest absolute Gasteiger partial charge is 0.231 e. The number of hydrogen-bond acceptors (Lipinski definition) is 5. The number of nitrogens with zero attached hydrogens (tertiary/aromatic N) is 2. The number of rotatable bonds is 6. The topological polar surface area (TPSA) is 45.2 Å². The monoisotopic (exact) mass is 340 g/mol. The summed E-state index contributed by atoms with van der Waals surface area (Å²) in [6.45, 7) is 5.44. The Morgan fingerprint density at radius 1 is 1.30 bits per heavy atom. The molecule has 5 nitrogen and oxygen atoms in total. The van der Waals surface area contributed by atoms with Crippen molar-refractivity contribution >= 4 is 11.6 Å². The van der Waals surface area contributed by atoms with Gasteiger partial charge in [0.25, 0.3) is 0 Å². The van der Waals surface area contributed by atoms with Crippen molar-refractivity contribution in [1.29, 1.82) is 0 Å². The lowest BCUT2D eigenvalue weighted by Gasteiger charge is -2.33. The molecule has 1 N–H and O–H groups in total. The van der Waals surface area contributed by atoms with Crippen molar-refractivity contribution in [3.63, 3.8) is 0 Å². The first-order chi connectivity index (χ1) is 11.2. The van der Waals surface area contributed by atoms with Gasteiger partial charge in [0.2, 0.25) is 6.79 Å². The highest BCUT2D eigenvalue weighted by Gasteiger charge is 2.21. The minimum absolute atomic E-state index is 0.251. The van der Waals surface area contributed by atoms with Crippen molar-refractivity contribution < 1.29 is 14.6 Å². The predicted molar refractivity (Wildman–Crippen MR) is 90.2 cm³/mol. The number of likely N-dealkylation sites (tertiary alicyclic amines) is 1. The number of piperidine rings is 1. The standard InChI is InChI=1S/C17H25ClN2O3/c1-19(10-13-2-4-20(5-3-13)6-7-21)11-14-8-15(18)17-16(9-14)22-12-23-17/h8-9,13,21H,2-7,10-12H2,1H3. The third kappa shape index (κ3) is 4.29. The van der Waals surface area contributed by atoms with Gasteiger partial charge >= 0.3 is 0 Å². The summed E-state index contributed by atoms with van der Waals surface area (Å²) in [5, 5.41) is 9.63. The third-order valence-electron chi connectivity index (χ3n) is 4.63. The maximum atomic E-state index is 9.00. The Morgan fingerprint density at radius 3 is 2.83 bits per heavy atom. The van der Waals surface area contributed by atoms with Crippen molar-refractivity contribution in [3.8, 4) is 11.5 Å². The van der Waals surface area contributed by atoms with E-state index in [1.165, 1.54) is 12.8 Å². The van der Waals surface area contributed by atoms with Gasteiger partial charge in [-0.3, -0.25) is 0 Å². The first-order valence-corrected chi connectivity index (χ1v) is 8.63. The third-order valence-corrected chi connectivity index (χ3v) is 4.91. The Morgan fingerprint density at radius 2 is 2.09 bits per heavy atom. The predicted octanol–water partition coefficient (Wildman–Crippen LogP) is 2.20. The number of benzene rings is 1. The molecular formula is C17H25ClN2O3. The Kier molecular flexibility index (Phi) is 5.64. The second kappa shape index (κ2) is 7.71. The van der Waals surface area contributed by atoms with Gasteiger partial charge in [-0.2, -0.15) is 0 Å². The van der Waals surface area contributed by atoms with Gasteiger partial charge in [-0.15, -0.1) is 0 Å². The maximum absolute atomic E-state index is 9.00. The number of fused-ring (bicyclic) bond motifs is 1. The molecule has 1 aromatic rings. The quantitative estimate of drug-likeness (QED) is 0.860. The first-order valence-electron chi connectivity index (χ1n) is 8.25. The van der Waals surface area contributed by atoms with Crippen LogP contribution in [-0.4, -0.2) is 61.5 Å². The minimum Gasteiger partial charge on any atom is -0.454 e. The van der Waals surface area contributed by atoms with Gasteiger partial charge < -0.3 is 24.4 Å². The van der Waals surface area contributed by atoms with Crippen LogP contribution in [0.5, 0.6) is 11.5 Å². The molecule has 0 unspecified atom stereocenters. The van der Waals surface area contributed by atoms with Crippen LogP contribution in [0, 0.1) is 5.92 Å². The average molecular weight is 341 g/mol. The lowest BCUT2D eigenvalue weighted by Crippen LogP contribution is -2.38. The fourth-order valence-electron chi connectivity index (χ4n) is 3.46. The zero-order chi connectivity index (χ0) is 16.2. The van der Waals surface area contributed by atoms with E-state index in [-0.39, 0.29) is 13.4 Å². The van der Waals surface area contributed by atoms with Gasteiger partial charge in [0.15, 0.2) is 11.5 Å². The first kappa shape index (κ1) is 16.8. The fraction of sp³-hybridized carbons (Fsp3) is 0.647. The van der Waals surface area contributed by atoms with Crippen molar-refractivity contribution in [1.82, 2.24) is 9.80 Å². The van der Waals surface area contributed by atoms with Crippen LogP contribution in [0.2, 0.25) is 5.02 Å². The van der Waals surface area contributed by atoms with Crippen LogP contribution in [0.1, 0.15) is 18.4 Å². The highest BCUT2D eigenvalue weighted by atomic mass is 35.5. The highest BCUT2D eigenvalue weighted by Crippen LogP contribution is 2.40. The van der Waals surface area contributed by atoms with E-state index in [0.29, 0.717) is 10.8 Å². The molecule has 0 aliphatic carbocycles. The molecule has 0 aromatic heterocycles. The molecule has 3 rings (SSSR count). The lowest BCUT2D eigenvalue weighted by molar-refractivity contribution is 0.129. The van der Waals surface area contributed by atoms with E-state index in [4.69, 9.17) is 26.2 Å². The number of halogens is 1. The summed E-state index contributed by atoms with van der Waals surface area (Å²) in [6.07, 6.45) is 2.40. The molecule has 0 radical (unpaired) electrons. The second-order valence-corrected chi connectivity index (χ2v) is 6.92. The van der Waals surface area contributed by atoms with Crippen LogP contribution in [0.3, 0.4) is 0 Å². The summed E-state index contributed by atoms with van der Waals surface area (Å²) >= 11 is 6.25. The van der Waals surface area contributed by atoms with Crippen LogP contribution < -0.4 is 9.47 Å². The number of β-amino-alcohol motifs (C(OH)–C–C–N with tert-alkyl or cyclic N) is 1. The Labute approximate surface area is 142 Å². The van der Waals surface area contributed by atoms with E-state index in [1.807, 2.05) is 12.1 Å². The van der Waals surface area contributed by atoms with Gasteiger partial charge in [0.05, 0.1) is 11.6 Å². The van der Waals surface area contributed by atoms with E-state index < -0.39 is 0 Å². The van der Waals surface area contributed by atoms with Crippen LogP contribution >= 0.6 is 11.6 Å². The molecule has 1 fully saturated rings. The summed E-state index contributed by atoms with van der Waals surface area (Å²) < 4.78 is 10.8. The molecule has 0 spiro atoms. The molecule has 1 aromatic carbocycles. The van der Waals surface area contributed by atoms with Crippen LogP contribution in [0.15, 0.2) is 12.1 Å². The van der Waals surface area contributed by atoms with Gasteiger partial charge in [-0.25, -0.2) is 0 Å². The summed E-state index contributed by atoms with van der Waals surface area (Å²) in [4.78, 5) is 4.69. The number of ether oxygens (including phenoxy) is 2. The molecule has 0 atom stereocenters. The normalized spacial score (nSPS) is 18.8. The van der Waals surface area contributed by atoms with Crippen molar-refractivity contribution in [2.24, 2.45) is 5.92 Å². The number of aliphatic hydroxyl groups excluding tert-OH is 1. The van der Waals surface area contributed by atoms with Crippen LogP contribution in [-0.2, 0) is 6.54 Å². The van der Waals surface area contributed by atoms with E-state index >= 15 is 0 Å². The molecule has 6 heteroatoms. The average Bonchev–Trinajstić information content (AvgIpc) is 2.98. The summed E-state index contributed by atoms with van der Waals surface area (Å²) in [5.74, 6) is 2.13. The number of aliphatic hydroxyl groups is 1. The SMILES string of the molecule is CN(Cc1cc(Cl)c2c(c1)OCO2)CC1CCN(CCO)CC1. The van der Waals surface area contributed by atoms with E-state index in [1.54, 1.807) is 0 Å². The second-order valence-electron chi connectivity index (χ2n) is 6.52. The van der Waals surface area contributed by atoms with Crippen molar-refractivity contribution in [3.05, 3.63) is 22.7 Å². The zero-order valence-electron chi connectivity index (χ0n) is 13.6. The van der Waals surface area contributed by atoms with Gasteiger partial charge in [-0.05, 0) is 56.6 Å². The van der Waals surface area contributed by atoms with E-state index in [0.717, 1.165) is 50.0 Å². The van der Waals surface area contributed by atoms with Gasteiger partial charge in [0, 0.05) is 19.6 Å². The molecule has 0 bridgehead atoms. The largest absolute Gasteiger partial charge is 0.454 e. The van der Waals surface area contributed by atoms with Gasteiger partial charge in [-0.1, -0.05) is 11.6 Å². The Bertz CT molecular complexity index is 533. The fourth-order valence-corrected chi connectivity index (χ4v) is 3.75. The molecule has 0 saturated carbocycles. The molecule has 1 saturated heterocycles. The zero-order valence-corrected chi connectivity index (χ0v) is 14.4. The van der Waals surface area contributed by atoms with Gasteiger partial charge in [0.1, 0.15) is 0 Å². The Balaban J connectivity index is 1.50. The molecule has 2 aliphatic rings. The molecule has 0 amide bonds. The molecular weight excluding hydrogens is 316 g/mol. The highest BCUT2D eigenvalue weighted by molar-refractivity contribution is 6.32. The van der Waals surface area contributed by atoms with Crippen molar-refractivity contribution in [2.45, 2.75) is 19.4 Å². The minimum atomic E-state index is 0.251. The summed E-state index contributed by atoms with van der Waals surface area (Å²) in [6, 6.07) is 3.99. The lowest BCUT2D eigenvalue weighted by atomic mass is 9.96. The Hall–Kier alpha value is -1.01. The summed E-state index contributed by atoms with van der Waals surface area (Å²) in [7, 11) is 2.15. The molecule has 2 heterocycles. The van der Waals surface area contributed by atoms with Crippen LogP contribution in [0.4, 0.5) is 0 Å². The van der Waals surface area contributed by atoms with E-state index in [9.17, 15) is 0 Å². The molecule has 23 heavy (non-hydrogen) atoms. The van der Waals surface area contributed by atoms with Crippen LogP contribution in [0.25, 0.3) is 0 Å². The molecule has 2 aliphatic heterocycles.